The number of ether oxygens (including phenoxy) is 1. The molecule has 0 aliphatic heterocycles. The quantitative estimate of drug-likeness (QED) is 0.739. The molecule has 17 heavy (non-hydrogen) atoms. The molecule has 3 heteroatoms. The molecule has 4 atom stereocenters. The van der Waals surface area contributed by atoms with Gasteiger partial charge in [0.2, 0.25) is 0 Å². The van der Waals surface area contributed by atoms with E-state index in [0.29, 0.717) is 24.1 Å². The van der Waals surface area contributed by atoms with Gasteiger partial charge in [0, 0.05) is 19.2 Å². The van der Waals surface area contributed by atoms with Gasteiger partial charge in [-0.3, -0.25) is 0 Å². The molecular formula is C14H28N2O. The van der Waals surface area contributed by atoms with Crippen LogP contribution in [0.4, 0.5) is 0 Å². The summed E-state index contributed by atoms with van der Waals surface area (Å²) in [7, 11) is 1.84. The van der Waals surface area contributed by atoms with Crippen LogP contribution in [0.15, 0.2) is 0 Å². The Hall–Kier alpha value is -0.120. The normalized spacial score (nSPS) is 39.2. The second-order valence-corrected chi connectivity index (χ2v) is 5.78. The van der Waals surface area contributed by atoms with Gasteiger partial charge in [-0.15, -0.1) is 0 Å². The van der Waals surface area contributed by atoms with E-state index >= 15 is 0 Å². The molecule has 3 nitrogen and oxygen atoms in total. The molecule has 4 unspecified atom stereocenters. The molecule has 2 fully saturated rings. The number of hydrogen-bond donors (Lipinski definition) is 2. The molecule has 0 heterocycles. The third-order valence-corrected chi connectivity index (χ3v) is 4.62. The highest BCUT2D eigenvalue weighted by Crippen LogP contribution is 2.24. The third-order valence-electron chi connectivity index (χ3n) is 4.62. The lowest BCUT2D eigenvalue weighted by atomic mass is 9.95. The van der Waals surface area contributed by atoms with Gasteiger partial charge in [0.05, 0.1) is 6.10 Å². The predicted molar refractivity (Wildman–Crippen MR) is 71.0 cm³/mol. The van der Waals surface area contributed by atoms with Crippen molar-refractivity contribution in [3.63, 3.8) is 0 Å². The van der Waals surface area contributed by atoms with Crippen molar-refractivity contribution in [2.45, 2.75) is 69.6 Å². The van der Waals surface area contributed by atoms with E-state index in [-0.39, 0.29) is 0 Å². The molecule has 0 saturated heterocycles. The Bertz CT molecular complexity index is 222. The van der Waals surface area contributed by atoms with E-state index in [4.69, 9.17) is 10.5 Å². The largest absolute Gasteiger partial charge is 0.380 e. The van der Waals surface area contributed by atoms with Crippen molar-refractivity contribution >= 4 is 0 Å². The summed E-state index contributed by atoms with van der Waals surface area (Å²) in [4.78, 5) is 0. The molecule has 2 rings (SSSR count). The van der Waals surface area contributed by atoms with Crippen molar-refractivity contribution in [1.82, 2.24) is 5.32 Å². The standard InChI is InChI=1S/C14H28N2O/c1-17-14-9-5-8-13(14)16-10-11-6-3-2-4-7-12(11)15/h11-14,16H,2-10,15H2,1H3. The molecule has 0 bridgehead atoms. The summed E-state index contributed by atoms with van der Waals surface area (Å²) in [5.74, 6) is 0.676. The monoisotopic (exact) mass is 240 g/mol. The second kappa shape index (κ2) is 6.72. The van der Waals surface area contributed by atoms with Gasteiger partial charge in [-0.2, -0.15) is 0 Å². The number of hydrogen-bond acceptors (Lipinski definition) is 3. The molecule has 0 amide bonds. The van der Waals surface area contributed by atoms with Crippen LogP contribution in [0.1, 0.15) is 51.4 Å². The van der Waals surface area contributed by atoms with Crippen LogP contribution in [0.3, 0.4) is 0 Å². The van der Waals surface area contributed by atoms with Crippen LogP contribution in [-0.4, -0.2) is 31.8 Å². The maximum Gasteiger partial charge on any atom is 0.0724 e. The van der Waals surface area contributed by atoms with Crippen molar-refractivity contribution in [3.8, 4) is 0 Å². The maximum atomic E-state index is 6.26. The van der Waals surface area contributed by atoms with Crippen LogP contribution in [0, 0.1) is 5.92 Å². The van der Waals surface area contributed by atoms with Crippen molar-refractivity contribution in [2.24, 2.45) is 11.7 Å². The van der Waals surface area contributed by atoms with Gasteiger partial charge in [-0.1, -0.05) is 19.3 Å². The van der Waals surface area contributed by atoms with Crippen molar-refractivity contribution in [3.05, 3.63) is 0 Å². The number of nitrogens with two attached hydrogens (primary N) is 1. The smallest absolute Gasteiger partial charge is 0.0724 e. The minimum absolute atomic E-state index is 0.410. The van der Waals surface area contributed by atoms with E-state index in [1.807, 2.05) is 7.11 Å². The molecule has 0 aromatic rings. The Labute approximate surface area is 105 Å². The Morgan fingerprint density at radius 1 is 1.06 bits per heavy atom. The fourth-order valence-corrected chi connectivity index (χ4v) is 3.41. The first kappa shape index (κ1) is 13.3. The Kier molecular flexibility index (Phi) is 5.26. The fourth-order valence-electron chi connectivity index (χ4n) is 3.41. The molecule has 0 radical (unpaired) electrons. The van der Waals surface area contributed by atoms with Gasteiger partial charge < -0.3 is 15.8 Å². The predicted octanol–water partition coefficient (Wildman–Crippen LogP) is 2.05. The average molecular weight is 240 g/mol. The fraction of sp³-hybridized carbons (Fsp3) is 1.00. The van der Waals surface area contributed by atoms with Crippen LogP contribution < -0.4 is 11.1 Å². The highest BCUT2D eigenvalue weighted by molar-refractivity contribution is 4.86. The Morgan fingerprint density at radius 3 is 2.71 bits per heavy atom. The van der Waals surface area contributed by atoms with E-state index in [1.54, 1.807) is 0 Å². The van der Waals surface area contributed by atoms with Crippen LogP contribution in [-0.2, 0) is 4.74 Å². The number of methoxy groups -OCH3 is 1. The second-order valence-electron chi connectivity index (χ2n) is 5.78. The van der Waals surface area contributed by atoms with Gasteiger partial charge in [-0.05, 0) is 44.6 Å². The lowest BCUT2D eigenvalue weighted by Crippen LogP contribution is -2.43. The molecule has 0 aromatic heterocycles. The van der Waals surface area contributed by atoms with Gasteiger partial charge in [0.25, 0.3) is 0 Å². The molecule has 100 valence electrons. The topological polar surface area (TPSA) is 47.3 Å². The Balaban J connectivity index is 1.76. The summed E-state index contributed by atoms with van der Waals surface area (Å²) in [5, 5.41) is 3.71. The first-order valence-electron chi connectivity index (χ1n) is 7.33. The summed E-state index contributed by atoms with van der Waals surface area (Å²) < 4.78 is 5.52. The maximum absolute atomic E-state index is 6.26. The minimum Gasteiger partial charge on any atom is -0.380 e. The number of nitrogens with one attached hydrogen (secondary N) is 1. The average Bonchev–Trinajstić information content (AvgIpc) is 2.70. The molecule has 2 saturated carbocycles. The number of rotatable bonds is 4. The van der Waals surface area contributed by atoms with Crippen LogP contribution in [0.2, 0.25) is 0 Å². The van der Waals surface area contributed by atoms with Gasteiger partial charge >= 0.3 is 0 Å². The van der Waals surface area contributed by atoms with Gasteiger partial charge in [0.15, 0.2) is 0 Å². The van der Waals surface area contributed by atoms with Crippen molar-refractivity contribution < 1.29 is 4.74 Å². The SMILES string of the molecule is COC1CCCC1NCC1CCCCCC1N. The van der Waals surface area contributed by atoms with E-state index in [2.05, 4.69) is 5.32 Å². The van der Waals surface area contributed by atoms with Crippen LogP contribution in [0.5, 0.6) is 0 Å². The van der Waals surface area contributed by atoms with Gasteiger partial charge in [-0.25, -0.2) is 0 Å². The summed E-state index contributed by atoms with van der Waals surface area (Å²) in [6.45, 7) is 1.09. The minimum atomic E-state index is 0.410. The van der Waals surface area contributed by atoms with E-state index in [0.717, 1.165) is 6.54 Å². The highest BCUT2D eigenvalue weighted by atomic mass is 16.5. The first-order chi connectivity index (χ1) is 8.31. The zero-order valence-corrected chi connectivity index (χ0v) is 11.2. The van der Waals surface area contributed by atoms with E-state index in [1.165, 1.54) is 51.4 Å². The summed E-state index contributed by atoms with van der Waals surface area (Å²) in [5.41, 5.74) is 6.26. The molecule has 0 spiro atoms. The lowest BCUT2D eigenvalue weighted by molar-refractivity contribution is 0.0832. The van der Waals surface area contributed by atoms with Gasteiger partial charge in [0.1, 0.15) is 0 Å². The van der Waals surface area contributed by atoms with Crippen LogP contribution in [0.25, 0.3) is 0 Å². The molecular weight excluding hydrogens is 212 g/mol. The van der Waals surface area contributed by atoms with E-state index < -0.39 is 0 Å². The molecule has 2 aliphatic carbocycles. The zero-order valence-electron chi connectivity index (χ0n) is 11.2. The summed E-state index contributed by atoms with van der Waals surface area (Å²) >= 11 is 0. The van der Waals surface area contributed by atoms with Crippen molar-refractivity contribution in [2.75, 3.05) is 13.7 Å². The van der Waals surface area contributed by atoms with E-state index in [9.17, 15) is 0 Å². The van der Waals surface area contributed by atoms with Crippen LogP contribution >= 0.6 is 0 Å². The molecule has 2 aliphatic rings. The third kappa shape index (κ3) is 3.67. The summed E-state index contributed by atoms with van der Waals surface area (Å²) in [6, 6.07) is 0.975. The summed E-state index contributed by atoms with van der Waals surface area (Å²) in [6.07, 6.45) is 10.8. The molecule has 0 aromatic carbocycles. The molecule has 3 N–H and O–H groups in total. The lowest BCUT2D eigenvalue weighted by Gasteiger charge is -2.26. The highest BCUT2D eigenvalue weighted by Gasteiger charge is 2.28. The first-order valence-corrected chi connectivity index (χ1v) is 7.33. The van der Waals surface area contributed by atoms with Crippen molar-refractivity contribution in [1.29, 1.82) is 0 Å². The zero-order chi connectivity index (χ0) is 12.1. The Morgan fingerprint density at radius 2 is 1.88 bits per heavy atom.